The maximum absolute atomic E-state index is 5.97. The highest BCUT2D eigenvalue weighted by Crippen LogP contribution is 2.45. The van der Waals surface area contributed by atoms with Crippen molar-refractivity contribution in [2.75, 3.05) is 0 Å². The van der Waals surface area contributed by atoms with Crippen molar-refractivity contribution in [3.8, 4) is 0 Å². The highest BCUT2D eigenvalue weighted by atomic mass is 14.6. The van der Waals surface area contributed by atoms with Crippen LogP contribution >= 0.6 is 0 Å². The molecule has 68 valence electrons. The standard InChI is InChI=1S/C11H19N/c1-7-5-10-4-3-9(7)6-11(10)8(2)12/h3,7-8,10-11H,4-6,12H2,1-2H3/t7-,8?,10?,11-/m1/s1. The summed E-state index contributed by atoms with van der Waals surface area (Å²) in [6, 6.07) is 0.395. The molecule has 0 heterocycles. The molecule has 0 saturated heterocycles. The molecule has 1 fully saturated rings. The third-order valence-corrected chi connectivity index (χ3v) is 3.72. The molecule has 2 bridgehead atoms. The Kier molecular flexibility index (Phi) is 1.99. The van der Waals surface area contributed by atoms with Gasteiger partial charge in [-0.1, -0.05) is 18.6 Å². The van der Waals surface area contributed by atoms with E-state index in [1.807, 2.05) is 0 Å². The molecule has 0 amide bonds. The van der Waals surface area contributed by atoms with E-state index in [2.05, 4.69) is 19.9 Å². The minimum Gasteiger partial charge on any atom is -0.328 e. The monoisotopic (exact) mass is 165 g/mol. The first-order valence-corrected chi connectivity index (χ1v) is 5.13. The van der Waals surface area contributed by atoms with Gasteiger partial charge in [-0.2, -0.15) is 0 Å². The third-order valence-electron chi connectivity index (χ3n) is 3.72. The summed E-state index contributed by atoms with van der Waals surface area (Å²) in [5, 5.41) is 0. The number of hydrogen-bond acceptors (Lipinski definition) is 1. The third kappa shape index (κ3) is 1.20. The fourth-order valence-electron chi connectivity index (χ4n) is 2.89. The van der Waals surface area contributed by atoms with E-state index in [4.69, 9.17) is 5.73 Å². The molecule has 3 aliphatic rings. The molecule has 0 spiro atoms. The smallest absolute Gasteiger partial charge is 0.00445 e. The highest BCUT2D eigenvalue weighted by Gasteiger charge is 2.35. The van der Waals surface area contributed by atoms with E-state index in [9.17, 15) is 0 Å². The average molecular weight is 165 g/mol. The molecule has 2 N–H and O–H groups in total. The molecule has 3 rings (SSSR count). The van der Waals surface area contributed by atoms with Crippen LogP contribution in [0.25, 0.3) is 0 Å². The maximum Gasteiger partial charge on any atom is 0.00445 e. The van der Waals surface area contributed by atoms with Gasteiger partial charge in [0.05, 0.1) is 0 Å². The zero-order chi connectivity index (χ0) is 8.72. The van der Waals surface area contributed by atoms with Gasteiger partial charge in [-0.3, -0.25) is 0 Å². The first kappa shape index (κ1) is 8.31. The lowest BCUT2D eigenvalue weighted by molar-refractivity contribution is 0.194. The summed E-state index contributed by atoms with van der Waals surface area (Å²) >= 11 is 0. The van der Waals surface area contributed by atoms with Crippen molar-refractivity contribution in [2.24, 2.45) is 23.5 Å². The van der Waals surface area contributed by atoms with Crippen LogP contribution in [0.4, 0.5) is 0 Å². The second-order valence-corrected chi connectivity index (χ2v) is 4.64. The van der Waals surface area contributed by atoms with Crippen LogP contribution in [0.3, 0.4) is 0 Å². The first-order valence-electron chi connectivity index (χ1n) is 5.13. The van der Waals surface area contributed by atoms with Crippen LogP contribution in [0.5, 0.6) is 0 Å². The van der Waals surface area contributed by atoms with Crippen LogP contribution < -0.4 is 5.73 Å². The van der Waals surface area contributed by atoms with E-state index in [0.29, 0.717) is 6.04 Å². The quantitative estimate of drug-likeness (QED) is 0.593. The largest absolute Gasteiger partial charge is 0.328 e. The minimum atomic E-state index is 0.395. The highest BCUT2D eigenvalue weighted by molar-refractivity contribution is 5.17. The predicted octanol–water partition coefficient (Wildman–Crippen LogP) is 2.33. The van der Waals surface area contributed by atoms with Crippen molar-refractivity contribution in [3.63, 3.8) is 0 Å². The first-order chi connectivity index (χ1) is 5.68. The lowest BCUT2D eigenvalue weighted by Gasteiger charge is -2.42. The maximum atomic E-state index is 5.97. The fourth-order valence-corrected chi connectivity index (χ4v) is 2.89. The molecule has 0 aliphatic heterocycles. The van der Waals surface area contributed by atoms with Gasteiger partial charge in [0.2, 0.25) is 0 Å². The average Bonchev–Trinajstić information content (AvgIpc) is 2.04. The van der Waals surface area contributed by atoms with Crippen molar-refractivity contribution < 1.29 is 0 Å². The number of rotatable bonds is 1. The van der Waals surface area contributed by atoms with E-state index in [0.717, 1.165) is 17.8 Å². The summed E-state index contributed by atoms with van der Waals surface area (Å²) in [6.07, 6.45) is 6.42. The molecular formula is C11H19N. The van der Waals surface area contributed by atoms with Crippen LogP contribution in [0.1, 0.15) is 33.1 Å². The van der Waals surface area contributed by atoms with Gasteiger partial charge in [0, 0.05) is 6.04 Å². The Morgan fingerprint density at radius 2 is 2.33 bits per heavy atom. The van der Waals surface area contributed by atoms with Crippen molar-refractivity contribution >= 4 is 0 Å². The zero-order valence-corrected chi connectivity index (χ0v) is 8.09. The summed E-state index contributed by atoms with van der Waals surface area (Å²) in [5.74, 6) is 2.51. The summed E-state index contributed by atoms with van der Waals surface area (Å²) < 4.78 is 0. The van der Waals surface area contributed by atoms with E-state index in [1.165, 1.54) is 19.3 Å². The van der Waals surface area contributed by atoms with Crippen LogP contribution in [0.15, 0.2) is 11.6 Å². The summed E-state index contributed by atoms with van der Waals surface area (Å²) in [6.45, 7) is 4.52. The van der Waals surface area contributed by atoms with Gasteiger partial charge >= 0.3 is 0 Å². The molecule has 0 aromatic carbocycles. The molecular weight excluding hydrogens is 146 g/mol. The number of nitrogens with two attached hydrogens (primary N) is 1. The van der Waals surface area contributed by atoms with E-state index >= 15 is 0 Å². The van der Waals surface area contributed by atoms with Gasteiger partial charge in [-0.05, 0) is 43.9 Å². The minimum absolute atomic E-state index is 0.395. The molecule has 12 heavy (non-hydrogen) atoms. The second-order valence-electron chi connectivity index (χ2n) is 4.64. The van der Waals surface area contributed by atoms with Crippen LogP contribution in [0.2, 0.25) is 0 Å². The van der Waals surface area contributed by atoms with E-state index < -0.39 is 0 Å². The predicted molar refractivity (Wildman–Crippen MR) is 51.7 cm³/mol. The molecule has 4 atom stereocenters. The lowest BCUT2D eigenvalue weighted by atomic mass is 9.64. The van der Waals surface area contributed by atoms with Crippen LogP contribution in [0, 0.1) is 17.8 Å². The molecule has 1 nitrogen and oxygen atoms in total. The molecule has 0 radical (unpaired) electrons. The van der Waals surface area contributed by atoms with Crippen molar-refractivity contribution in [3.05, 3.63) is 11.6 Å². The van der Waals surface area contributed by atoms with Crippen molar-refractivity contribution in [1.82, 2.24) is 0 Å². The molecule has 0 aromatic heterocycles. The van der Waals surface area contributed by atoms with Crippen molar-refractivity contribution in [2.45, 2.75) is 39.2 Å². The Hall–Kier alpha value is -0.300. The summed E-state index contributed by atoms with van der Waals surface area (Å²) in [7, 11) is 0. The number of fused-ring (bicyclic) bond motifs is 3. The normalized spacial score (nSPS) is 42.6. The van der Waals surface area contributed by atoms with Crippen molar-refractivity contribution in [1.29, 1.82) is 0 Å². The van der Waals surface area contributed by atoms with Gasteiger partial charge in [0.25, 0.3) is 0 Å². The molecule has 1 saturated carbocycles. The number of hydrogen-bond donors (Lipinski definition) is 1. The van der Waals surface area contributed by atoms with Gasteiger partial charge < -0.3 is 5.73 Å². The summed E-state index contributed by atoms with van der Waals surface area (Å²) in [5.41, 5.74) is 7.65. The van der Waals surface area contributed by atoms with Gasteiger partial charge in [0.1, 0.15) is 0 Å². The second kappa shape index (κ2) is 2.88. The Bertz CT molecular complexity index is 205. The molecule has 3 aliphatic carbocycles. The Morgan fingerprint density at radius 1 is 1.58 bits per heavy atom. The molecule has 0 aromatic rings. The van der Waals surface area contributed by atoms with E-state index in [1.54, 1.807) is 5.57 Å². The SMILES string of the molecule is CC(N)[C@H]1CC2=CCC1C[C@H]2C. The molecule has 1 heteroatoms. The van der Waals surface area contributed by atoms with Gasteiger partial charge in [0.15, 0.2) is 0 Å². The Balaban J connectivity index is 2.14. The fraction of sp³-hybridized carbons (Fsp3) is 0.818. The summed E-state index contributed by atoms with van der Waals surface area (Å²) in [4.78, 5) is 0. The van der Waals surface area contributed by atoms with Gasteiger partial charge in [-0.25, -0.2) is 0 Å². The Morgan fingerprint density at radius 3 is 2.75 bits per heavy atom. The molecule has 2 unspecified atom stereocenters. The lowest BCUT2D eigenvalue weighted by Crippen LogP contribution is -2.39. The van der Waals surface area contributed by atoms with Gasteiger partial charge in [-0.15, -0.1) is 0 Å². The zero-order valence-electron chi connectivity index (χ0n) is 8.09. The Labute approximate surface area is 75.0 Å². The topological polar surface area (TPSA) is 26.0 Å². The van der Waals surface area contributed by atoms with Crippen LogP contribution in [-0.4, -0.2) is 6.04 Å². The van der Waals surface area contributed by atoms with Crippen LogP contribution in [-0.2, 0) is 0 Å². The van der Waals surface area contributed by atoms with E-state index in [-0.39, 0.29) is 0 Å². The number of allylic oxidation sites excluding steroid dienone is 2.